The van der Waals surface area contributed by atoms with Crippen molar-refractivity contribution in [3.63, 3.8) is 0 Å². The summed E-state index contributed by atoms with van der Waals surface area (Å²) in [5.74, 6) is 0. The van der Waals surface area contributed by atoms with E-state index in [9.17, 15) is 9.59 Å². The van der Waals surface area contributed by atoms with Gasteiger partial charge < -0.3 is 9.59 Å². The van der Waals surface area contributed by atoms with Crippen molar-refractivity contribution in [2.24, 2.45) is 0 Å². The summed E-state index contributed by atoms with van der Waals surface area (Å²) in [5, 5.41) is 0. The van der Waals surface area contributed by atoms with Crippen LogP contribution in [0.3, 0.4) is 0 Å². The smallest absolute Gasteiger partial charge is 0.167 e. The predicted molar refractivity (Wildman–Crippen MR) is 62.0 cm³/mol. The summed E-state index contributed by atoms with van der Waals surface area (Å²) in [5.41, 5.74) is -0.334. The number of hydrogen-bond donors (Lipinski definition) is 0. The third-order valence-corrected chi connectivity index (χ3v) is 2.34. The average molecular weight is 209 g/mol. The molecule has 0 rings (SSSR count). The molecule has 1 unspecified atom stereocenters. The molecular formula is C11H20BNO2. The number of carbonyl (C=O) groups is 2. The molecule has 0 saturated heterocycles. The van der Waals surface area contributed by atoms with E-state index < -0.39 is 0 Å². The first-order chi connectivity index (χ1) is 7.15. The van der Waals surface area contributed by atoms with Crippen molar-refractivity contribution in [2.75, 3.05) is 13.1 Å². The van der Waals surface area contributed by atoms with E-state index in [4.69, 9.17) is 7.85 Å². The van der Waals surface area contributed by atoms with Crippen molar-refractivity contribution in [2.45, 2.75) is 45.6 Å². The van der Waals surface area contributed by atoms with Gasteiger partial charge in [-0.1, -0.05) is 13.8 Å². The summed E-state index contributed by atoms with van der Waals surface area (Å²) < 4.78 is 0. The Kier molecular flexibility index (Phi) is 8.29. The van der Waals surface area contributed by atoms with Crippen LogP contribution < -0.4 is 0 Å². The third-order valence-electron chi connectivity index (χ3n) is 2.34. The summed E-state index contributed by atoms with van der Waals surface area (Å²) >= 11 is 0. The number of nitrogens with zero attached hydrogens (tertiary/aromatic N) is 1. The van der Waals surface area contributed by atoms with Gasteiger partial charge in [0, 0.05) is 18.9 Å². The van der Waals surface area contributed by atoms with Crippen LogP contribution in [-0.2, 0) is 9.59 Å². The van der Waals surface area contributed by atoms with Crippen LogP contribution in [0.25, 0.3) is 0 Å². The quantitative estimate of drug-likeness (QED) is 0.422. The van der Waals surface area contributed by atoms with Crippen molar-refractivity contribution in [3.8, 4) is 0 Å². The summed E-state index contributed by atoms with van der Waals surface area (Å²) in [6, 6.07) is -0.0140. The topological polar surface area (TPSA) is 37.4 Å². The molecule has 0 aliphatic carbocycles. The molecule has 4 heteroatoms. The normalized spacial score (nSPS) is 12.7. The highest BCUT2D eigenvalue weighted by molar-refractivity contribution is 6.57. The van der Waals surface area contributed by atoms with Gasteiger partial charge in [-0.2, -0.15) is 0 Å². The van der Waals surface area contributed by atoms with Crippen molar-refractivity contribution in [1.82, 2.24) is 4.90 Å². The Hall–Kier alpha value is -0.635. The van der Waals surface area contributed by atoms with Gasteiger partial charge in [0.1, 0.15) is 6.29 Å². The molecule has 0 fully saturated rings. The molecule has 1 atom stereocenters. The second-order valence-electron chi connectivity index (χ2n) is 3.76. The molecule has 0 spiro atoms. The minimum absolute atomic E-state index is 0.0140. The fourth-order valence-electron chi connectivity index (χ4n) is 1.76. The Bertz CT molecular complexity index is 191. The van der Waals surface area contributed by atoms with E-state index >= 15 is 0 Å². The lowest BCUT2D eigenvalue weighted by molar-refractivity contribution is -0.113. The van der Waals surface area contributed by atoms with Crippen LogP contribution in [0, 0.1) is 0 Å². The molecule has 0 heterocycles. The van der Waals surface area contributed by atoms with Crippen LogP contribution in [0.4, 0.5) is 0 Å². The standard InChI is InChI=1S/C11H20BNO2/c1-3-6-13(7-4-2)10(5-8-14)9-11(12)15/h8,10H,3-7,9H2,1-2H3. The third kappa shape index (κ3) is 6.45. The number of hydrogen-bond acceptors (Lipinski definition) is 3. The van der Waals surface area contributed by atoms with Gasteiger partial charge in [-0.25, -0.2) is 0 Å². The van der Waals surface area contributed by atoms with E-state index in [-0.39, 0.29) is 18.1 Å². The minimum Gasteiger partial charge on any atom is -0.313 e. The SMILES string of the molecule is [B]C(=O)CC(CC=O)N(CCC)CCC. The van der Waals surface area contributed by atoms with Crippen LogP contribution in [-0.4, -0.2) is 43.8 Å². The van der Waals surface area contributed by atoms with E-state index in [2.05, 4.69) is 18.7 Å². The maximum Gasteiger partial charge on any atom is 0.167 e. The molecule has 84 valence electrons. The van der Waals surface area contributed by atoms with E-state index in [0.717, 1.165) is 32.2 Å². The van der Waals surface area contributed by atoms with Crippen LogP contribution >= 0.6 is 0 Å². The molecule has 15 heavy (non-hydrogen) atoms. The number of rotatable bonds is 9. The first-order valence-electron chi connectivity index (χ1n) is 5.61. The molecule has 2 radical (unpaired) electrons. The molecule has 0 aromatic rings. The lowest BCUT2D eigenvalue weighted by atomic mass is 9.93. The van der Waals surface area contributed by atoms with Gasteiger partial charge in [-0.3, -0.25) is 4.90 Å². The zero-order valence-corrected chi connectivity index (χ0v) is 9.74. The second kappa shape index (κ2) is 8.66. The Labute approximate surface area is 93.6 Å². The van der Waals surface area contributed by atoms with Gasteiger partial charge in [0.25, 0.3) is 0 Å². The molecule has 3 nitrogen and oxygen atoms in total. The lowest BCUT2D eigenvalue weighted by Gasteiger charge is -2.29. The second-order valence-corrected chi connectivity index (χ2v) is 3.76. The Morgan fingerprint density at radius 1 is 1.33 bits per heavy atom. The molecule has 0 N–H and O–H groups in total. The summed E-state index contributed by atoms with van der Waals surface area (Å²) in [6.07, 6.45) is 3.58. The zero-order chi connectivity index (χ0) is 11.7. The number of carbonyl (C=O) groups excluding carboxylic acids is 2. The van der Waals surface area contributed by atoms with Gasteiger partial charge in [0.2, 0.25) is 0 Å². The lowest BCUT2D eigenvalue weighted by Crippen LogP contribution is -2.38. The molecule has 0 aromatic heterocycles. The first kappa shape index (κ1) is 14.4. The maximum atomic E-state index is 10.9. The Morgan fingerprint density at radius 3 is 2.20 bits per heavy atom. The summed E-state index contributed by atoms with van der Waals surface area (Å²) in [4.78, 5) is 23.6. The molecular weight excluding hydrogens is 189 g/mol. The van der Waals surface area contributed by atoms with Crippen LogP contribution in [0.1, 0.15) is 39.5 Å². The number of aldehydes is 1. The first-order valence-corrected chi connectivity index (χ1v) is 5.61. The van der Waals surface area contributed by atoms with E-state index in [1.54, 1.807) is 0 Å². The molecule has 0 aliphatic heterocycles. The van der Waals surface area contributed by atoms with E-state index in [0.29, 0.717) is 6.42 Å². The Morgan fingerprint density at radius 2 is 1.87 bits per heavy atom. The van der Waals surface area contributed by atoms with Crippen LogP contribution in [0.5, 0.6) is 0 Å². The largest absolute Gasteiger partial charge is 0.313 e. The summed E-state index contributed by atoms with van der Waals surface area (Å²) in [7, 11) is 5.17. The van der Waals surface area contributed by atoms with Crippen LogP contribution in [0.15, 0.2) is 0 Å². The highest BCUT2D eigenvalue weighted by atomic mass is 16.1. The van der Waals surface area contributed by atoms with Gasteiger partial charge in [0.15, 0.2) is 7.85 Å². The van der Waals surface area contributed by atoms with Crippen molar-refractivity contribution in [1.29, 1.82) is 0 Å². The maximum absolute atomic E-state index is 10.9. The highest BCUT2D eigenvalue weighted by Crippen LogP contribution is 2.09. The molecule has 0 aromatic carbocycles. The predicted octanol–water partition coefficient (Wildman–Crippen LogP) is 1.15. The minimum atomic E-state index is -0.334. The van der Waals surface area contributed by atoms with Crippen molar-refractivity contribution >= 4 is 19.8 Å². The van der Waals surface area contributed by atoms with Gasteiger partial charge in [-0.15, -0.1) is 0 Å². The summed E-state index contributed by atoms with van der Waals surface area (Å²) in [6.45, 7) is 6.01. The monoisotopic (exact) mass is 209 g/mol. The van der Waals surface area contributed by atoms with E-state index in [1.165, 1.54) is 0 Å². The van der Waals surface area contributed by atoms with E-state index in [1.807, 2.05) is 0 Å². The van der Waals surface area contributed by atoms with Crippen molar-refractivity contribution < 1.29 is 9.59 Å². The highest BCUT2D eigenvalue weighted by Gasteiger charge is 2.17. The average Bonchev–Trinajstić information content (AvgIpc) is 2.16. The fourth-order valence-corrected chi connectivity index (χ4v) is 1.76. The molecule has 0 bridgehead atoms. The van der Waals surface area contributed by atoms with Crippen molar-refractivity contribution in [3.05, 3.63) is 0 Å². The van der Waals surface area contributed by atoms with Gasteiger partial charge in [0.05, 0.1) is 5.68 Å². The van der Waals surface area contributed by atoms with Gasteiger partial charge >= 0.3 is 0 Å². The zero-order valence-electron chi connectivity index (χ0n) is 9.74. The van der Waals surface area contributed by atoms with Crippen LogP contribution in [0.2, 0.25) is 0 Å². The van der Waals surface area contributed by atoms with Gasteiger partial charge in [-0.05, 0) is 25.9 Å². The molecule has 0 saturated carbocycles. The molecule has 0 amide bonds. The Balaban J connectivity index is 4.34. The fraction of sp³-hybridized carbons (Fsp3) is 0.818. The molecule has 0 aliphatic rings.